The van der Waals surface area contributed by atoms with Crippen LogP contribution in [-0.4, -0.2) is 9.97 Å². The molecule has 1 aliphatic heterocycles. The number of fused-ring (bicyclic) bond motifs is 2. The zero-order valence-electron chi connectivity index (χ0n) is 35.9. The van der Waals surface area contributed by atoms with Crippen LogP contribution < -0.4 is 4.74 Å². The molecule has 1 aliphatic rings. The molecule has 64 heavy (non-hydrogen) atoms. The van der Waals surface area contributed by atoms with Gasteiger partial charge in [-0.2, -0.15) is 0 Å². The standard InChI is InChI=1S/C61H46N2O/c1-4-5-6-10-19-42-34-55(44-22-13-8-14-23-44)62-56(35-42)50-28-17-26-46(36-50)48-30-32-59-53(38-48)61(2,3)54-39-49(31-33-60(54)64-59)47-27-18-29-51(37-47)58-41-52(43-20-11-7-12-21-43)40-57(63-58)45-24-15-9-16-25-45/h4-41H,1H2,2-3H3/b6-5-,19-10+. The van der Waals surface area contributed by atoms with Crippen molar-refractivity contribution in [3.8, 4) is 89.9 Å². The van der Waals surface area contributed by atoms with Crippen LogP contribution in [0.5, 0.6) is 11.5 Å². The smallest absolute Gasteiger partial charge is 0.131 e. The van der Waals surface area contributed by atoms with E-state index in [1.54, 1.807) is 6.08 Å². The van der Waals surface area contributed by atoms with Crippen LogP contribution in [0.4, 0.5) is 0 Å². The van der Waals surface area contributed by atoms with Crippen LogP contribution in [0.25, 0.3) is 84.5 Å². The number of rotatable bonds is 10. The minimum absolute atomic E-state index is 0.340. The van der Waals surface area contributed by atoms with E-state index in [0.29, 0.717) is 0 Å². The molecule has 0 N–H and O–H groups in total. The van der Waals surface area contributed by atoms with Crippen LogP contribution in [0.1, 0.15) is 30.5 Å². The maximum Gasteiger partial charge on any atom is 0.131 e. The third-order valence-electron chi connectivity index (χ3n) is 12.1. The van der Waals surface area contributed by atoms with Crippen molar-refractivity contribution in [2.45, 2.75) is 19.3 Å². The summed E-state index contributed by atoms with van der Waals surface area (Å²) in [5.41, 5.74) is 17.8. The van der Waals surface area contributed by atoms with Gasteiger partial charge in [-0.25, -0.2) is 9.97 Å². The lowest BCUT2D eigenvalue weighted by atomic mass is 9.74. The Morgan fingerprint density at radius 2 is 0.797 bits per heavy atom. The molecule has 10 rings (SSSR count). The summed E-state index contributed by atoms with van der Waals surface area (Å²) in [5.74, 6) is 1.76. The van der Waals surface area contributed by atoms with Gasteiger partial charge in [0.2, 0.25) is 0 Å². The minimum atomic E-state index is -0.340. The SMILES string of the molecule is C=C/C=C\C=C\c1cc(-c2ccccc2)nc(-c2cccc(-c3ccc4c(c3)C(C)(C)c3cc(-c5cccc(-c6cc(-c7ccccc7)cc(-c7ccccc7)n6)c5)ccc3O4)c2)c1. The van der Waals surface area contributed by atoms with Crippen LogP contribution in [-0.2, 0) is 5.41 Å². The fourth-order valence-electron chi connectivity index (χ4n) is 8.65. The summed E-state index contributed by atoms with van der Waals surface area (Å²) in [6.45, 7) is 8.40. The molecular weight excluding hydrogens is 777 g/mol. The maximum absolute atomic E-state index is 6.67. The summed E-state index contributed by atoms with van der Waals surface area (Å²) in [6.07, 6.45) is 9.83. The highest BCUT2D eigenvalue weighted by atomic mass is 16.5. The van der Waals surface area contributed by atoms with E-state index in [9.17, 15) is 0 Å². The minimum Gasteiger partial charge on any atom is -0.457 e. The van der Waals surface area contributed by atoms with Gasteiger partial charge in [0.25, 0.3) is 0 Å². The van der Waals surface area contributed by atoms with Gasteiger partial charge in [0.05, 0.1) is 22.8 Å². The largest absolute Gasteiger partial charge is 0.457 e. The highest BCUT2D eigenvalue weighted by Gasteiger charge is 2.35. The monoisotopic (exact) mass is 822 g/mol. The molecule has 0 fully saturated rings. The van der Waals surface area contributed by atoms with Crippen molar-refractivity contribution in [2.75, 3.05) is 0 Å². The molecule has 306 valence electrons. The number of nitrogens with zero attached hydrogens (tertiary/aromatic N) is 2. The second-order valence-corrected chi connectivity index (χ2v) is 16.7. The second kappa shape index (κ2) is 17.3. The van der Waals surface area contributed by atoms with Crippen LogP contribution in [0.2, 0.25) is 0 Å². The van der Waals surface area contributed by atoms with Crippen molar-refractivity contribution < 1.29 is 4.74 Å². The second-order valence-electron chi connectivity index (χ2n) is 16.7. The average molecular weight is 823 g/mol. The van der Waals surface area contributed by atoms with Crippen molar-refractivity contribution in [2.24, 2.45) is 0 Å². The molecule has 0 atom stereocenters. The zero-order valence-corrected chi connectivity index (χ0v) is 35.9. The van der Waals surface area contributed by atoms with E-state index in [4.69, 9.17) is 14.7 Å². The van der Waals surface area contributed by atoms with Gasteiger partial charge >= 0.3 is 0 Å². The normalized spacial score (nSPS) is 12.7. The molecule has 9 aromatic rings. The summed E-state index contributed by atoms with van der Waals surface area (Å²) in [4.78, 5) is 10.4. The quantitative estimate of drug-likeness (QED) is 0.129. The van der Waals surface area contributed by atoms with E-state index < -0.39 is 0 Å². The van der Waals surface area contributed by atoms with Gasteiger partial charge in [0.1, 0.15) is 11.5 Å². The zero-order chi connectivity index (χ0) is 43.5. The summed E-state index contributed by atoms with van der Waals surface area (Å²) in [6, 6.07) is 70.6. The Bertz CT molecular complexity index is 3160. The predicted molar refractivity (Wildman–Crippen MR) is 267 cm³/mol. The molecule has 7 aromatic carbocycles. The molecule has 3 nitrogen and oxygen atoms in total. The number of ether oxygens (including phenoxy) is 1. The maximum atomic E-state index is 6.67. The molecule has 0 saturated carbocycles. The van der Waals surface area contributed by atoms with Crippen molar-refractivity contribution >= 4 is 6.08 Å². The van der Waals surface area contributed by atoms with Crippen molar-refractivity contribution in [3.05, 3.63) is 248 Å². The van der Waals surface area contributed by atoms with Crippen LogP contribution in [0, 0.1) is 0 Å². The van der Waals surface area contributed by atoms with Gasteiger partial charge in [0.15, 0.2) is 0 Å². The lowest BCUT2D eigenvalue weighted by Crippen LogP contribution is -2.24. The topological polar surface area (TPSA) is 35.0 Å². The van der Waals surface area contributed by atoms with E-state index in [0.717, 1.165) is 107 Å². The third kappa shape index (κ3) is 8.15. The summed E-state index contributed by atoms with van der Waals surface area (Å²) in [7, 11) is 0. The fourth-order valence-corrected chi connectivity index (χ4v) is 8.65. The molecule has 2 aromatic heterocycles. The highest BCUT2D eigenvalue weighted by molar-refractivity contribution is 5.81. The van der Waals surface area contributed by atoms with E-state index in [1.807, 2.05) is 30.4 Å². The Morgan fingerprint density at radius 3 is 1.31 bits per heavy atom. The molecule has 0 aliphatic carbocycles. The lowest BCUT2D eigenvalue weighted by molar-refractivity contribution is 0.418. The lowest BCUT2D eigenvalue weighted by Gasteiger charge is -2.35. The highest BCUT2D eigenvalue weighted by Crippen LogP contribution is 2.50. The Balaban J connectivity index is 0.979. The number of allylic oxidation sites excluding steroid dienone is 4. The number of pyridine rings is 2. The van der Waals surface area contributed by atoms with Gasteiger partial charge in [-0.05, 0) is 99.6 Å². The third-order valence-corrected chi connectivity index (χ3v) is 12.1. The molecule has 0 spiro atoms. The van der Waals surface area contributed by atoms with Gasteiger partial charge in [-0.1, -0.05) is 190 Å². The van der Waals surface area contributed by atoms with Gasteiger partial charge in [0, 0.05) is 38.8 Å². The number of aromatic nitrogens is 2. The van der Waals surface area contributed by atoms with Crippen LogP contribution >= 0.6 is 0 Å². The first-order valence-corrected chi connectivity index (χ1v) is 21.7. The molecule has 3 heteroatoms. The first-order valence-electron chi connectivity index (χ1n) is 21.7. The van der Waals surface area contributed by atoms with E-state index in [-0.39, 0.29) is 5.41 Å². The number of benzene rings is 7. The molecular formula is C61H46N2O. The molecule has 0 saturated heterocycles. The Labute approximate surface area is 376 Å². The van der Waals surface area contributed by atoms with E-state index in [2.05, 4.69) is 215 Å². The Morgan fingerprint density at radius 1 is 0.375 bits per heavy atom. The van der Waals surface area contributed by atoms with Crippen molar-refractivity contribution in [3.63, 3.8) is 0 Å². The first-order chi connectivity index (χ1) is 31.4. The number of hydrogen-bond acceptors (Lipinski definition) is 3. The summed E-state index contributed by atoms with van der Waals surface area (Å²) < 4.78 is 6.67. The molecule has 0 radical (unpaired) electrons. The first kappa shape index (κ1) is 40.0. The number of hydrogen-bond donors (Lipinski definition) is 0. The van der Waals surface area contributed by atoms with E-state index >= 15 is 0 Å². The predicted octanol–water partition coefficient (Wildman–Crippen LogP) is 16.3. The molecule has 3 heterocycles. The van der Waals surface area contributed by atoms with Crippen molar-refractivity contribution in [1.82, 2.24) is 9.97 Å². The van der Waals surface area contributed by atoms with Gasteiger partial charge in [-0.15, -0.1) is 0 Å². The summed E-state index contributed by atoms with van der Waals surface area (Å²) >= 11 is 0. The Kier molecular flexibility index (Phi) is 10.8. The molecule has 0 bridgehead atoms. The van der Waals surface area contributed by atoms with Gasteiger partial charge in [-0.3, -0.25) is 0 Å². The van der Waals surface area contributed by atoms with Crippen LogP contribution in [0.3, 0.4) is 0 Å². The molecule has 0 amide bonds. The Hall–Kier alpha value is -8.14. The van der Waals surface area contributed by atoms with E-state index in [1.165, 1.54) is 0 Å². The molecule has 0 unspecified atom stereocenters. The van der Waals surface area contributed by atoms with Crippen molar-refractivity contribution in [1.29, 1.82) is 0 Å². The van der Waals surface area contributed by atoms with Gasteiger partial charge < -0.3 is 4.74 Å². The summed E-state index contributed by atoms with van der Waals surface area (Å²) in [5, 5.41) is 0. The van der Waals surface area contributed by atoms with Crippen LogP contribution in [0.15, 0.2) is 231 Å². The fraction of sp³-hybridized carbons (Fsp3) is 0.0492. The average Bonchev–Trinajstić information content (AvgIpc) is 3.36.